The van der Waals surface area contributed by atoms with Crippen LogP contribution in [0.5, 0.6) is 0 Å². The third kappa shape index (κ3) is 3.14. The molecule has 2 aromatic carbocycles. The van der Waals surface area contributed by atoms with Gasteiger partial charge in [0.1, 0.15) is 5.82 Å². The standard InChI is InChI=1S/C18H20FNS/c1-2-11-20-18(14-8-4-5-9-15(14)19)17-12-13-7-3-6-10-16(13)21-17/h3-10,17-18,20H,2,11-12H2,1H3. The lowest BCUT2D eigenvalue weighted by Gasteiger charge is -2.25. The predicted octanol–water partition coefficient (Wildman–Crippen LogP) is 4.58. The van der Waals surface area contributed by atoms with Gasteiger partial charge >= 0.3 is 0 Å². The minimum Gasteiger partial charge on any atom is -0.309 e. The van der Waals surface area contributed by atoms with Gasteiger partial charge in [0, 0.05) is 21.8 Å². The Kier molecular flexibility index (Phi) is 4.61. The zero-order valence-electron chi connectivity index (χ0n) is 12.2. The first-order chi connectivity index (χ1) is 10.3. The van der Waals surface area contributed by atoms with E-state index in [0.29, 0.717) is 5.25 Å². The fourth-order valence-electron chi connectivity index (χ4n) is 2.86. The van der Waals surface area contributed by atoms with E-state index in [9.17, 15) is 4.39 Å². The molecule has 3 rings (SSSR count). The van der Waals surface area contributed by atoms with Crippen molar-refractivity contribution in [1.29, 1.82) is 0 Å². The van der Waals surface area contributed by atoms with E-state index in [-0.39, 0.29) is 11.9 Å². The van der Waals surface area contributed by atoms with Crippen LogP contribution in [0, 0.1) is 5.82 Å². The first-order valence-corrected chi connectivity index (χ1v) is 8.40. The molecule has 1 nitrogen and oxygen atoms in total. The van der Waals surface area contributed by atoms with Crippen LogP contribution < -0.4 is 5.32 Å². The maximum absolute atomic E-state index is 14.2. The Morgan fingerprint density at radius 3 is 2.71 bits per heavy atom. The van der Waals surface area contributed by atoms with Crippen molar-refractivity contribution in [2.24, 2.45) is 0 Å². The van der Waals surface area contributed by atoms with Gasteiger partial charge in [0.15, 0.2) is 0 Å². The molecule has 2 aromatic rings. The minimum absolute atomic E-state index is 0.0588. The topological polar surface area (TPSA) is 12.0 Å². The second kappa shape index (κ2) is 6.63. The van der Waals surface area contributed by atoms with Crippen molar-refractivity contribution < 1.29 is 4.39 Å². The highest BCUT2D eigenvalue weighted by molar-refractivity contribution is 8.00. The van der Waals surface area contributed by atoms with Crippen LogP contribution in [0.2, 0.25) is 0 Å². The SMILES string of the molecule is CCCNC(c1ccccc1F)C1Cc2ccccc2S1. The molecular weight excluding hydrogens is 281 g/mol. The van der Waals surface area contributed by atoms with Crippen molar-refractivity contribution in [1.82, 2.24) is 5.32 Å². The quantitative estimate of drug-likeness (QED) is 0.867. The third-order valence-electron chi connectivity index (χ3n) is 3.90. The molecule has 0 amide bonds. The zero-order chi connectivity index (χ0) is 14.7. The molecule has 2 atom stereocenters. The summed E-state index contributed by atoms with van der Waals surface area (Å²) in [6.45, 7) is 3.05. The molecule has 0 aromatic heterocycles. The summed E-state index contributed by atoms with van der Waals surface area (Å²) < 4.78 is 14.2. The van der Waals surface area contributed by atoms with E-state index in [4.69, 9.17) is 0 Å². The Bertz CT molecular complexity index is 589. The number of hydrogen-bond donors (Lipinski definition) is 1. The summed E-state index contributed by atoms with van der Waals surface area (Å²) >= 11 is 1.87. The lowest BCUT2D eigenvalue weighted by atomic mass is 9.98. The van der Waals surface area contributed by atoms with Crippen molar-refractivity contribution in [3.8, 4) is 0 Å². The van der Waals surface area contributed by atoms with E-state index in [1.165, 1.54) is 10.5 Å². The Morgan fingerprint density at radius 2 is 1.95 bits per heavy atom. The molecule has 1 N–H and O–H groups in total. The van der Waals surface area contributed by atoms with Crippen molar-refractivity contribution in [3.05, 3.63) is 65.5 Å². The van der Waals surface area contributed by atoms with Gasteiger partial charge in [0.25, 0.3) is 0 Å². The van der Waals surface area contributed by atoms with Crippen LogP contribution in [0.4, 0.5) is 4.39 Å². The van der Waals surface area contributed by atoms with Gasteiger partial charge < -0.3 is 5.32 Å². The molecule has 0 bridgehead atoms. The maximum atomic E-state index is 14.2. The Labute approximate surface area is 130 Å². The Balaban J connectivity index is 1.86. The molecular formula is C18H20FNS. The summed E-state index contributed by atoms with van der Waals surface area (Å²) in [6.07, 6.45) is 2.05. The van der Waals surface area contributed by atoms with E-state index in [2.05, 4.69) is 36.5 Å². The van der Waals surface area contributed by atoms with Gasteiger partial charge in [-0.25, -0.2) is 4.39 Å². The van der Waals surface area contributed by atoms with Gasteiger partial charge in [0.05, 0.1) is 0 Å². The lowest BCUT2D eigenvalue weighted by molar-refractivity contribution is 0.485. The minimum atomic E-state index is -0.109. The van der Waals surface area contributed by atoms with Gasteiger partial charge in [-0.15, -0.1) is 11.8 Å². The van der Waals surface area contributed by atoms with Crippen molar-refractivity contribution >= 4 is 11.8 Å². The molecule has 1 heterocycles. The predicted molar refractivity (Wildman–Crippen MR) is 87.2 cm³/mol. The molecule has 0 spiro atoms. The molecule has 1 aliphatic rings. The molecule has 3 heteroatoms. The first kappa shape index (κ1) is 14.6. The number of nitrogens with one attached hydrogen (secondary N) is 1. The van der Waals surface area contributed by atoms with Crippen molar-refractivity contribution in [2.75, 3.05) is 6.54 Å². The monoisotopic (exact) mass is 301 g/mol. The smallest absolute Gasteiger partial charge is 0.128 e. The molecule has 0 radical (unpaired) electrons. The Hall–Kier alpha value is -1.32. The number of thioether (sulfide) groups is 1. The lowest BCUT2D eigenvalue weighted by Crippen LogP contribution is -2.31. The average Bonchev–Trinajstić information content (AvgIpc) is 2.93. The fraction of sp³-hybridized carbons (Fsp3) is 0.333. The molecule has 21 heavy (non-hydrogen) atoms. The number of rotatable bonds is 5. The van der Waals surface area contributed by atoms with Gasteiger partial charge in [-0.2, -0.15) is 0 Å². The summed E-state index contributed by atoms with van der Waals surface area (Å²) in [6, 6.07) is 15.7. The summed E-state index contributed by atoms with van der Waals surface area (Å²) in [5, 5.41) is 3.90. The summed E-state index contributed by atoms with van der Waals surface area (Å²) in [7, 11) is 0. The largest absolute Gasteiger partial charge is 0.309 e. The van der Waals surface area contributed by atoms with Crippen LogP contribution in [-0.4, -0.2) is 11.8 Å². The molecule has 0 fully saturated rings. The van der Waals surface area contributed by atoms with Gasteiger partial charge in [-0.3, -0.25) is 0 Å². The van der Waals surface area contributed by atoms with Crippen LogP contribution >= 0.6 is 11.8 Å². The first-order valence-electron chi connectivity index (χ1n) is 7.52. The molecule has 1 aliphatic heterocycles. The molecule has 110 valence electrons. The van der Waals surface area contributed by atoms with Gasteiger partial charge in [0.2, 0.25) is 0 Å². The van der Waals surface area contributed by atoms with E-state index >= 15 is 0 Å². The number of benzene rings is 2. The number of hydrogen-bond acceptors (Lipinski definition) is 2. The second-order valence-electron chi connectivity index (χ2n) is 5.42. The average molecular weight is 301 g/mol. The number of fused-ring (bicyclic) bond motifs is 1. The summed E-state index contributed by atoms with van der Waals surface area (Å²) in [5.41, 5.74) is 2.17. The van der Waals surface area contributed by atoms with E-state index in [1.54, 1.807) is 12.1 Å². The maximum Gasteiger partial charge on any atom is 0.128 e. The highest BCUT2D eigenvalue weighted by Gasteiger charge is 2.31. The third-order valence-corrected chi connectivity index (χ3v) is 5.29. The molecule has 0 saturated carbocycles. The van der Waals surface area contributed by atoms with E-state index in [0.717, 1.165) is 24.9 Å². The Morgan fingerprint density at radius 1 is 1.19 bits per heavy atom. The van der Waals surface area contributed by atoms with Crippen LogP contribution in [0.15, 0.2) is 53.4 Å². The fourth-order valence-corrected chi connectivity index (χ4v) is 4.29. The van der Waals surface area contributed by atoms with Crippen molar-refractivity contribution in [3.63, 3.8) is 0 Å². The number of halogens is 1. The van der Waals surface area contributed by atoms with Crippen LogP contribution in [0.1, 0.15) is 30.5 Å². The van der Waals surface area contributed by atoms with Gasteiger partial charge in [-0.05, 0) is 37.1 Å². The zero-order valence-corrected chi connectivity index (χ0v) is 13.0. The van der Waals surface area contributed by atoms with E-state index < -0.39 is 0 Å². The van der Waals surface area contributed by atoms with Gasteiger partial charge in [-0.1, -0.05) is 43.3 Å². The van der Waals surface area contributed by atoms with E-state index in [1.807, 2.05) is 23.9 Å². The second-order valence-corrected chi connectivity index (χ2v) is 6.70. The summed E-state index contributed by atoms with van der Waals surface area (Å²) in [4.78, 5) is 1.34. The van der Waals surface area contributed by atoms with Crippen LogP contribution in [-0.2, 0) is 6.42 Å². The normalized spacial score (nSPS) is 18.5. The molecule has 0 aliphatic carbocycles. The van der Waals surface area contributed by atoms with Crippen LogP contribution in [0.3, 0.4) is 0 Å². The highest BCUT2D eigenvalue weighted by atomic mass is 32.2. The molecule has 2 unspecified atom stereocenters. The molecule has 0 saturated heterocycles. The van der Waals surface area contributed by atoms with Crippen LogP contribution in [0.25, 0.3) is 0 Å². The van der Waals surface area contributed by atoms with Crippen molar-refractivity contribution in [2.45, 2.75) is 36.0 Å². The summed E-state index contributed by atoms with van der Waals surface area (Å²) in [5.74, 6) is -0.109. The highest BCUT2D eigenvalue weighted by Crippen LogP contribution is 2.42.